The van der Waals surface area contributed by atoms with E-state index >= 15 is 0 Å². The van der Waals surface area contributed by atoms with Crippen molar-refractivity contribution in [3.63, 3.8) is 0 Å². The molecule has 0 saturated carbocycles. The molecular weight excluding hydrogens is 350 g/mol. The van der Waals surface area contributed by atoms with E-state index in [9.17, 15) is 9.59 Å². The Morgan fingerprint density at radius 3 is 2.32 bits per heavy atom. The SMILES string of the molecule is Cc1cccc(C)c1NC(=O)c1ccnc(C(=O)N(C)Cc2ccccc2)c1. The van der Waals surface area contributed by atoms with Gasteiger partial charge in [-0.15, -0.1) is 0 Å². The summed E-state index contributed by atoms with van der Waals surface area (Å²) in [6.07, 6.45) is 1.49. The summed E-state index contributed by atoms with van der Waals surface area (Å²) in [5, 5.41) is 2.94. The van der Waals surface area contributed by atoms with Crippen molar-refractivity contribution in [1.82, 2.24) is 9.88 Å². The van der Waals surface area contributed by atoms with E-state index in [1.165, 1.54) is 12.3 Å². The van der Waals surface area contributed by atoms with Crippen molar-refractivity contribution >= 4 is 17.5 Å². The quantitative estimate of drug-likeness (QED) is 0.728. The van der Waals surface area contributed by atoms with Crippen LogP contribution < -0.4 is 5.32 Å². The number of amides is 2. The Morgan fingerprint density at radius 2 is 1.64 bits per heavy atom. The first-order valence-corrected chi connectivity index (χ1v) is 9.08. The number of para-hydroxylation sites is 1. The van der Waals surface area contributed by atoms with Crippen molar-refractivity contribution in [1.29, 1.82) is 0 Å². The lowest BCUT2D eigenvalue weighted by atomic mass is 10.1. The number of benzene rings is 2. The van der Waals surface area contributed by atoms with Crippen LogP contribution in [0.1, 0.15) is 37.5 Å². The molecule has 0 spiro atoms. The molecule has 0 bridgehead atoms. The molecule has 3 rings (SSSR count). The van der Waals surface area contributed by atoms with E-state index in [1.807, 2.05) is 62.4 Å². The normalized spacial score (nSPS) is 10.4. The number of aryl methyl sites for hydroxylation is 2. The summed E-state index contributed by atoms with van der Waals surface area (Å²) in [7, 11) is 1.72. The van der Waals surface area contributed by atoms with E-state index in [0.29, 0.717) is 12.1 Å². The summed E-state index contributed by atoms with van der Waals surface area (Å²) in [6.45, 7) is 4.37. The van der Waals surface area contributed by atoms with Crippen LogP contribution in [0, 0.1) is 13.8 Å². The van der Waals surface area contributed by atoms with Crippen LogP contribution in [0.25, 0.3) is 0 Å². The molecule has 3 aromatic rings. The van der Waals surface area contributed by atoms with Crippen LogP contribution in [0.2, 0.25) is 0 Å². The third kappa shape index (κ3) is 4.43. The second-order valence-electron chi connectivity index (χ2n) is 6.80. The maximum Gasteiger partial charge on any atom is 0.272 e. The van der Waals surface area contributed by atoms with Gasteiger partial charge in [0.05, 0.1) is 0 Å². The molecule has 0 aliphatic heterocycles. The van der Waals surface area contributed by atoms with Gasteiger partial charge in [0, 0.05) is 31.0 Å². The smallest absolute Gasteiger partial charge is 0.272 e. The average Bonchev–Trinajstić information content (AvgIpc) is 2.71. The first-order chi connectivity index (χ1) is 13.5. The van der Waals surface area contributed by atoms with Gasteiger partial charge in [-0.25, -0.2) is 0 Å². The Balaban J connectivity index is 1.76. The van der Waals surface area contributed by atoms with E-state index in [2.05, 4.69) is 10.3 Å². The molecule has 142 valence electrons. The van der Waals surface area contributed by atoms with Gasteiger partial charge in [-0.05, 0) is 42.7 Å². The fourth-order valence-corrected chi connectivity index (χ4v) is 3.01. The average molecular weight is 373 g/mol. The summed E-state index contributed by atoms with van der Waals surface area (Å²) in [5.41, 5.74) is 4.44. The van der Waals surface area contributed by atoms with Gasteiger partial charge in [-0.1, -0.05) is 48.5 Å². The van der Waals surface area contributed by atoms with Crippen molar-refractivity contribution in [3.05, 3.63) is 94.8 Å². The zero-order chi connectivity index (χ0) is 20.1. The highest BCUT2D eigenvalue weighted by atomic mass is 16.2. The molecule has 0 aliphatic rings. The van der Waals surface area contributed by atoms with Crippen LogP contribution in [0.4, 0.5) is 5.69 Å². The van der Waals surface area contributed by atoms with Crippen LogP contribution in [0.15, 0.2) is 66.9 Å². The topological polar surface area (TPSA) is 62.3 Å². The Hall–Kier alpha value is -3.47. The lowest BCUT2D eigenvalue weighted by molar-refractivity contribution is 0.0779. The molecule has 0 aliphatic carbocycles. The van der Waals surface area contributed by atoms with Gasteiger partial charge < -0.3 is 10.2 Å². The van der Waals surface area contributed by atoms with Gasteiger partial charge in [-0.2, -0.15) is 0 Å². The summed E-state index contributed by atoms with van der Waals surface area (Å²) in [4.78, 5) is 31.2. The number of anilines is 1. The van der Waals surface area contributed by atoms with E-state index in [1.54, 1.807) is 18.0 Å². The lowest BCUT2D eigenvalue weighted by Gasteiger charge is -2.17. The summed E-state index contributed by atoms with van der Waals surface area (Å²) < 4.78 is 0. The highest BCUT2D eigenvalue weighted by Crippen LogP contribution is 2.20. The van der Waals surface area contributed by atoms with Gasteiger partial charge in [0.15, 0.2) is 0 Å². The minimum absolute atomic E-state index is 0.231. The molecule has 5 heteroatoms. The molecule has 0 atom stereocenters. The number of aromatic nitrogens is 1. The van der Waals surface area contributed by atoms with Gasteiger partial charge in [0.1, 0.15) is 5.69 Å². The third-order valence-electron chi connectivity index (χ3n) is 4.57. The maximum absolute atomic E-state index is 12.7. The predicted molar refractivity (Wildman–Crippen MR) is 110 cm³/mol. The Morgan fingerprint density at radius 1 is 0.964 bits per heavy atom. The largest absolute Gasteiger partial charge is 0.336 e. The Bertz CT molecular complexity index is 979. The number of hydrogen-bond acceptors (Lipinski definition) is 3. The molecule has 5 nitrogen and oxygen atoms in total. The summed E-state index contributed by atoms with van der Waals surface area (Å²) in [5.74, 6) is -0.495. The fourth-order valence-electron chi connectivity index (χ4n) is 3.01. The zero-order valence-electron chi connectivity index (χ0n) is 16.3. The van der Waals surface area contributed by atoms with Crippen LogP contribution in [0.3, 0.4) is 0 Å². The first kappa shape index (κ1) is 19.3. The number of nitrogens with one attached hydrogen (secondary N) is 1. The lowest BCUT2D eigenvalue weighted by Crippen LogP contribution is -2.27. The van der Waals surface area contributed by atoms with E-state index < -0.39 is 0 Å². The molecule has 1 N–H and O–H groups in total. The van der Waals surface area contributed by atoms with Crippen molar-refractivity contribution in [3.8, 4) is 0 Å². The van der Waals surface area contributed by atoms with Gasteiger partial charge in [0.25, 0.3) is 11.8 Å². The second-order valence-corrected chi connectivity index (χ2v) is 6.80. The van der Waals surface area contributed by atoms with E-state index in [-0.39, 0.29) is 17.5 Å². The maximum atomic E-state index is 12.7. The number of hydrogen-bond donors (Lipinski definition) is 1. The first-order valence-electron chi connectivity index (χ1n) is 9.08. The molecule has 1 heterocycles. The highest BCUT2D eigenvalue weighted by Gasteiger charge is 2.16. The number of pyridine rings is 1. The Kier molecular flexibility index (Phi) is 5.84. The van der Waals surface area contributed by atoms with Crippen molar-refractivity contribution in [2.24, 2.45) is 0 Å². The summed E-state index contributed by atoms with van der Waals surface area (Å²) >= 11 is 0. The number of nitrogens with zero attached hydrogens (tertiary/aromatic N) is 2. The molecule has 0 fully saturated rings. The Labute approximate surface area is 165 Å². The van der Waals surface area contributed by atoms with E-state index in [0.717, 1.165) is 22.4 Å². The number of carbonyl (C=O) groups is 2. The zero-order valence-corrected chi connectivity index (χ0v) is 16.3. The van der Waals surface area contributed by atoms with Gasteiger partial charge >= 0.3 is 0 Å². The second kappa shape index (κ2) is 8.48. The molecule has 0 unspecified atom stereocenters. The van der Waals surface area contributed by atoms with Gasteiger partial charge in [0.2, 0.25) is 0 Å². The third-order valence-corrected chi connectivity index (χ3v) is 4.57. The minimum atomic E-state index is -0.264. The molecule has 0 saturated heterocycles. The van der Waals surface area contributed by atoms with E-state index in [4.69, 9.17) is 0 Å². The van der Waals surface area contributed by atoms with Crippen LogP contribution >= 0.6 is 0 Å². The fraction of sp³-hybridized carbons (Fsp3) is 0.174. The molecule has 1 aromatic heterocycles. The molecule has 2 aromatic carbocycles. The molecule has 28 heavy (non-hydrogen) atoms. The van der Waals surface area contributed by atoms with Crippen molar-refractivity contribution in [2.45, 2.75) is 20.4 Å². The minimum Gasteiger partial charge on any atom is -0.336 e. The number of carbonyl (C=O) groups excluding carboxylic acids is 2. The van der Waals surface area contributed by atoms with Crippen LogP contribution in [-0.4, -0.2) is 28.7 Å². The number of rotatable bonds is 5. The highest BCUT2D eigenvalue weighted by molar-refractivity contribution is 6.06. The summed E-state index contributed by atoms with van der Waals surface area (Å²) in [6, 6.07) is 18.7. The van der Waals surface area contributed by atoms with Crippen LogP contribution in [-0.2, 0) is 6.54 Å². The molecule has 2 amide bonds. The monoisotopic (exact) mass is 373 g/mol. The van der Waals surface area contributed by atoms with Crippen molar-refractivity contribution in [2.75, 3.05) is 12.4 Å². The molecular formula is C23H23N3O2. The predicted octanol–water partition coefficient (Wildman–Crippen LogP) is 4.22. The van der Waals surface area contributed by atoms with Crippen molar-refractivity contribution < 1.29 is 9.59 Å². The van der Waals surface area contributed by atoms with Crippen LogP contribution in [0.5, 0.6) is 0 Å². The van der Waals surface area contributed by atoms with Gasteiger partial charge in [-0.3, -0.25) is 14.6 Å². The standard InChI is InChI=1S/C23H23N3O2/c1-16-8-7-9-17(2)21(16)25-22(27)19-12-13-24-20(14-19)23(28)26(3)15-18-10-5-4-6-11-18/h4-14H,15H2,1-3H3,(H,25,27). The molecule has 0 radical (unpaired) electrons.